The van der Waals surface area contributed by atoms with E-state index in [0.717, 1.165) is 17.7 Å². The zero-order valence-corrected chi connectivity index (χ0v) is 11.7. The van der Waals surface area contributed by atoms with Crippen molar-refractivity contribution in [2.75, 3.05) is 7.05 Å². The van der Waals surface area contributed by atoms with E-state index < -0.39 is 0 Å². The first-order chi connectivity index (χ1) is 9.58. The molecule has 0 N–H and O–H groups in total. The Morgan fingerprint density at radius 1 is 1.15 bits per heavy atom. The summed E-state index contributed by atoms with van der Waals surface area (Å²) in [6.07, 6.45) is 0. The zero-order chi connectivity index (χ0) is 14.5. The molecule has 0 spiro atoms. The molecule has 0 aliphatic rings. The molecule has 0 unspecified atom stereocenters. The number of nitrogens with zero attached hydrogens (tertiary/aromatic N) is 2. The Balaban J connectivity index is 2.05. The average Bonchev–Trinajstić information content (AvgIpc) is 2.41. The number of benzene rings is 2. The van der Waals surface area contributed by atoms with Crippen LogP contribution in [-0.4, -0.2) is 11.9 Å². The van der Waals surface area contributed by atoms with Crippen LogP contribution in [0.5, 0.6) is 0 Å². The van der Waals surface area contributed by atoms with E-state index in [-0.39, 0.29) is 5.82 Å². The molecule has 2 nitrogen and oxygen atoms in total. The Morgan fingerprint density at radius 3 is 2.60 bits per heavy atom. The van der Waals surface area contributed by atoms with Crippen molar-refractivity contribution >= 4 is 0 Å². The van der Waals surface area contributed by atoms with E-state index in [0.29, 0.717) is 12.1 Å². The van der Waals surface area contributed by atoms with Gasteiger partial charge in [-0.25, -0.2) is 4.39 Å². The van der Waals surface area contributed by atoms with Gasteiger partial charge in [-0.2, -0.15) is 5.26 Å². The second kappa shape index (κ2) is 6.31. The number of halogens is 1. The molecular weight excluding hydrogens is 251 g/mol. The lowest BCUT2D eigenvalue weighted by atomic mass is 10.1. The number of rotatable bonds is 4. The maximum atomic E-state index is 13.1. The molecule has 102 valence electrons. The Bertz CT molecular complexity index is 644. The van der Waals surface area contributed by atoms with Gasteiger partial charge in [-0.15, -0.1) is 0 Å². The van der Waals surface area contributed by atoms with Gasteiger partial charge in [0.1, 0.15) is 5.82 Å². The fourth-order valence-corrected chi connectivity index (χ4v) is 2.24. The first kappa shape index (κ1) is 14.2. The maximum absolute atomic E-state index is 13.1. The molecule has 2 aromatic carbocycles. The average molecular weight is 268 g/mol. The molecule has 2 rings (SSSR count). The summed E-state index contributed by atoms with van der Waals surface area (Å²) >= 11 is 0. The molecule has 0 amide bonds. The molecule has 20 heavy (non-hydrogen) atoms. The van der Waals surface area contributed by atoms with Gasteiger partial charge in [-0.05, 0) is 54.9 Å². The number of aryl methyl sites for hydroxylation is 1. The second-order valence-corrected chi connectivity index (χ2v) is 5.06. The Labute approximate surface area is 119 Å². The number of hydrogen-bond donors (Lipinski definition) is 0. The Morgan fingerprint density at radius 2 is 1.95 bits per heavy atom. The van der Waals surface area contributed by atoms with Crippen LogP contribution in [0.4, 0.5) is 4.39 Å². The molecule has 0 aliphatic heterocycles. The molecule has 0 saturated heterocycles. The molecule has 0 aromatic heterocycles. The fourth-order valence-electron chi connectivity index (χ4n) is 2.24. The van der Waals surface area contributed by atoms with E-state index in [1.165, 1.54) is 11.6 Å². The van der Waals surface area contributed by atoms with Gasteiger partial charge in [0.05, 0.1) is 11.6 Å². The predicted molar refractivity (Wildman–Crippen MR) is 77.5 cm³/mol. The van der Waals surface area contributed by atoms with Gasteiger partial charge in [0, 0.05) is 13.1 Å². The van der Waals surface area contributed by atoms with Gasteiger partial charge in [0.2, 0.25) is 0 Å². The van der Waals surface area contributed by atoms with Crippen molar-refractivity contribution in [3.05, 3.63) is 70.5 Å². The van der Waals surface area contributed by atoms with Crippen LogP contribution in [0, 0.1) is 24.1 Å². The number of hydrogen-bond acceptors (Lipinski definition) is 2. The SMILES string of the molecule is Cc1cc(C#N)ccc1CN(C)Cc1cccc(F)c1. The molecule has 3 heteroatoms. The highest BCUT2D eigenvalue weighted by Gasteiger charge is 2.05. The lowest BCUT2D eigenvalue weighted by Crippen LogP contribution is -2.18. The van der Waals surface area contributed by atoms with Crippen LogP contribution in [0.3, 0.4) is 0 Å². The number of nitriles is 1. The van der Waals surface area contributed by atoms with Crippen LogP contribution < -0.4 is 0 Å². The van der Waals surface area contributed by atoms with Crippen LogP contribution in [0.15, 0.2) is 42.5 Å². The zero-order valence-electron chi connectivity index (χ0n) is 11.7. The van der Waals surface area contributed by atoms with Crippen molar-refractivity contribution in [2.45, 2.75) is 20.0 Å². The van der Waals surface area contributed by atoms with Gasteiger partial charge in [0.15, 0.2) is 0 Å². The quantitative estimate of drug-likeness (QED) is 0.846. The summed E-state index contributed by atoms with van der Waals surface area (Å²) in [6, 6.07) is 14.5. The molecule has 0 saturated carbocycles. The summed E-state index contributed by atoms with van der Waals surface area (Å²) < 4.78 is 13.1. The van der Waals surface area contributed by atoms with E-state index in [4.69, 9.17) is 5.26 Å². The molecule has 0 heterocycles. The molecule has 0 aliphatic carbocycles. The minimum atomic E-state index is -0.203. The first-order valence-electron chi connectivity index (χ1n) is 6.51. The van der Waals surface area contributed by atoms with Crippen molar-refractivity contribution in [1.29, 1.82) is 5.26 Å². The summed E-state index contributed by atoms with van der Waals surface area (Å²) in [4.78, 5) is 2.13. The van der Waals surface area contributed by atoms with Gasteiger partial charge in [-0.3, -0.25) is 4.90 Å². The molecule has 0 radical (unpaired) electrons. The summed E-state index contributed by atoms with van der Waals surface area (Å²) in [6.45, 7) is 3.47. The molecule has 0 fully saturated rings. The fraction of sp³-hybridized carbons (Fsp3) is 0.235. The molecule has 2 aromatic rings. The summed E-state index contributed by atoms with van der Waals surface area (Å²) in [7, 11) is 2.00. The van der Waals surface area contributed by atoms with Crippen LogP contribution in [-0.2, 0) is 13.1 Å². The first-order valence-corrected chi connectivity index (χ1v) is 6.51. The lowest BCUT2D eigenvalue weighted by molar-refractivity contribution is 0.318. The highest BCUT2D eigenvalue weighted by atomic mass is 19.1. The minimum absolute atomic E-state index is 0.203. The van der Waals surface area contributed by atoms with E-state index in [9.17, 15) is 4.39 Å². The monoisotopic (exact) mass is 268 g/mol. The largest absolute Gasteiger partial charge is 0.298 e. The van der Waals surface area contributed by atoms with Crippen LogP contribution in [0.1, 0.15) is 22.3 Å². The predicted octanol–water partition coefficient (Wildman–Crippen LogP) is 3.64. The van der Waals surface area contributed by atoms with E-state index in [1.807, 2.05) is 38.2 Å². The highest BCUT2D eigenvalue weighted by Crippen LogP contribution is 2.14. The topological polar surface area (TPSA) is 27.0 Å². The molecule has 0 atom stereocenters. The minimum Gasteiger partial charge on any atom is -0.298 e. The van der Waals surface area contributed by atoms with Gasteiger partial charge < -0.3 is 0 Å². The van der Waals surface area contributed by atoms with Crippen molar-refractivity contribution in [3.63, 3.8) is 0 Å². The van der Waals surface area contributed by atoms with Gasteiger partial charge in [0.25, 0.3) is 0 Å². The summed E-state index contributed by atoms with van der Waals surface area (Å²) in [5.41, 5.74) is 3.93. The lowest BCUT2D eigenvalue weighted by Gasteiger charge is -2.18. The normalized spacial score (nSPS) is 10.6. The van der Waals surface area contributed by atoms with E-state index in [1.54, 1.807) is 12.1 Å². The molecular formula is C17H17FN2. The van der Waals surface area contributed by atoms with E-state index in [2.05, 4.69) is 11.0 Å². The standard InChI is InChI=1S/C17H17FN2/c1-13-8-14(10-19)6-7-16(13)12-20(2)11-15-4-3-5-17(18)9-15/h3-9H,11-12H2,1-2H3. The van der Waals surface area contributed by atoms with Gasteiger partial charge in [-0.1, -0.05) is 18.2 Å². The third-order valence-electron chi connectivity index (χ3n) is 3.25. The third kappa shape index (κ3) is 3.66. The van der Waals surface area contributed by atoms with E-state index >= 15 is 0 Å². The van der Waals surface area contributed by atoms with Crippen molar-refractivity contribution < 1.29 is 4.39 Å². The van der Waals surface area contributed by atoms with Gasteiger partial charge >= 0.3 is 0 Å². The summed E-state index contributed by atoms with van der Waals surface area (Å²) in [5.74, 6) is -0.203. The van der Waals surface area contributed by atoms with Crippen molar-refractivity contribution in [1.82, 2.24) is 4.90 Å². The Hall–Kier alpha value is -2.18. The van der Waals surface area contributed by atoms with Crippen molar-refractivity contribution in [3.8, 4) is 6.07 Å². The highest BCUT2D eigenvalue weighted by molar-refractivity contribution is 5.37. The van der Waals surface area contributed by atoms with Crippen LogP contribution in [0.25, 0.3) is 0 Å². The second-order valence-electron chi connectivity index (χ2n) is 5.06. The van der Waals surface area contributed by atoms with Crippen LogP contribution >= 0.6 is 0 Å². The van der Waals surface area contributed by atoms with Crippen molar-refractivity contribution in [2.24, 2.45) is 0 Å². The summed E-state index contributed by atoms with van der Waals surface area (Å²) in [5, 5.41) is 8.86. The maximum Gasteiger partial charge on any atom is 0.123 e. The van der Waals surface area contributed by atoms with Crippen LogP contribution in [0.2, 0.25) is 0 Å². The third-order valence-corrected chi connectivity index (χ3v) is 3.25. The Kier molecular flexibility index (Phi) is 4.49. The molecule has 0 bridgehead atoms. The smallest absolute Gasteiger partial charge is 0.123 e.